The molecule has 66 valence electrons. The van der Waals surface area contributed by atoms with Gasteiger partial charge in [-0.1, -0.05) is 22.0 Å². The van der Waals surface area contributed by atoms with Crippen LogP contribution < -0.4 is 0 Å². The molecule has 0 radical (unpaired) electrons. The van der Waals surface area contributed by atoms with Gasteiger partial charge in [-0.25, -0.2) is 0 Å². The molecule has 1 aliphatic carbocycles. The molecule has 1 atom stereocenters. The van der Waals surface area contributed by atoms with Crippen molar-refractivity contribution in [1.82, 2.24) is 0 Å². The maximum atomic E-state index is 11.5. The summed E-state index contributed by atoms with van der Waals surface area (Å²) in [6, 6.07) is 0. The third kappa shape index (κ3) is 1.56. The van der Waals surface area contributed by atoms with Gasteiger partial charge in [0.2, 0.25) is 0 Å². The Morgan fingerprint density at radius 3 is 3.00 bits per heavy atom. The standard InChI is InChI=1S/C10H8BrNO/c1-6-4-10(13)8-5-7(11)2-3-9(8)12-6/h2-5,8H,1H3. The van der Waals surface area contributed by atoms with E-state index in [2.05, 4.69) is 20.9 Å². The van der Waals surface area contributed by atoms with E-state index < -0.39 is 0 Å². The fourth-order valence-corrected chi connectivity index (χ4v) is 1.83. The van der Waals surface area contributed by atoms with E-state index in [-0.39, 0.29) is 11.7 Å². The summed E-state index contributed by atoms with van der Waals surface area (Å²) in [4.78, 5) is 15.8. The normalized spacial score (nSPS) is 26.2. The van der Waals surface area contributed by atoms with E-state index in [9.17, 15) is 4.79 Å². The second-order valence-electron chi connectivity index (χ2n) is 3.09. The maximum absolute atomic E-state index is 11.5. The van der Waals surface area contributed by atoms with E-state index in [0.29, 0.717) is 0 Å². The lowest BCUT2D eigenvalue weighted by molar-refractivity contribution is -0.115. The number of carbonyl (C=O) groups is 1. The SMILES string of the molecule is CC1=CC(=O)C2C=C(Br)C=CC2=N1. The van der Waals surface area contributed by atoms with Crippen molar-refractivity contribution in [2.75, 3.05) is 0 Å². The number of carbonyl (C=O) groups excluding carboxylic acids is 1. The predicted octanol–water partition coefficient (Wildman–Crippen LogP) is 2.38. The number of allylic oxidation sites excluding steroid dienone is 6. The first-order chi connectivity index (χ1) is 6.16. The Balaban J connectivity index is 2.44. The Labute approximate surface area is 84.9 Å². The van der Waals surface area contributed by atoms with Crippen LogP contribution in [-0.2, 0) is 4.79 Å². The van der Waals surface area contributed by atoms with Crippen molar-refractivity contribution in [3.05, 3.63) is 34.5 Å². The number of hydrogen-bond donors (Lipinski definition) is 0. The number of hydrogen-bond acceptors (Lipinski definition) is 2. The van der Waals surface area contributed by atoms with E-state index in [1.165, 1.54) is 0 Å². The van der Waals surface area contributed by atoms with Crippen molar-refractivity contribution in [2.24, 2.45) is 10.9 Å². The van der Waals surface area contributed by atoms with Crippen LogP contribution in [0.1, 0.15) is 6.92 Å². The zero-order valence-corrected chi connectivity index (χ0v) is 8.71. The number of rotatable bonds is 0. The molecule has 2 rings (SSSR count). The molecule has 2 aliphatic rings. The molecule has 0 aromatic carbocycles. The highest BCUT2D eigenvalue weighted by Gasteiger charge is 2.24. The van der Waals surface area contributed by atoms with Gasteiger partial charge < -0.3 is 0 Å². The molecule has 1 aliphatic heterocycles. The smallest absolute Gasteiger partial charge is 0.170 e. The van der Waals surface area contributed by atoms with Gasteiger partial charge in [0.05, 0.1) is 11.6 Å². The molecule has 0 N–H and O–H groups in total. The number of nitrogens with zero attached hydrogens (tertiary/aromatic N) is 1. The van der Waals surface area contributed by atoms with Gasteiger partial charge in [0.15, 0.2) is 5.78 Å². The number of halogens is 1. The first kappa shape index (κ1) is 8.63. The van der Waals surface area contributed by atoms with Crippen molar-refractivity contribution < 1.29 is 4.79 Å². The average Bonchev–Trinajstić information content (AvgIpc) is 2.06. The van der Waals surface area contributed by atoms with Gasteiger partial charge in [-0.2, -0.15) is 0 Å². The van der Waals surface area contributed by atoms with Gasteiger partial charge in [-0.15, -0.1) is 0 Å². The number of aliphatic imine (C=N–C) groups is 1. The molecular formula is C10H8BrNO. The predicted molar refractivity (Wildman–Crippen MR) is 55.8 cm³/mol. The summed E-state index contributed by atoms with van der Waals surface area (Å²) >= 11 is 3.34. The highest BCUT2D eigenvalue weighted by molar-refractivity contribution is 9.11. The Morgan fingerprint density at radius 1 is 1.46 bits per heavy atom. The average molecular weight is 238 g/mol. The first-order valence-corrected chi connectivity index (χ1v) is 4.82. The van der Waals surface area contributed by atoms with Crippen LogP contribution in [0.4, 0.5) is 0 Å². The first-order valence-electron chi connectivity index (χ1n) is 4.03. The fraction of sp³-hybridized carbons (Fsp3) is 0.200. The van der Waals surface area contributed by atoms with Crippen LogP contribution in [0.15, 0.2) is 39.5 Å². The minimum Gasteiger partial charge on any atom is -0.294 e. The van der Waals surface area contributed by atoms with Gasteiger partial charge in [0.25, 0.3) is 0 Å². The quantitative estimate of drug-likeness (QED) is 0.637. The van der Waals surface area contributed by atoms with Crippen LogP contribution >= 0.6 is 15.9 Å². The zero-order chi connectivity index (χ0) is 9.42. The molecule has 1 unspecified atom stereocenters. The Kier molecular flexibility index (Phi) is 2.04. The van der Waals surface area contributed by atoms with Crippen LogP contribution in [0.5, 0.6) is 0 Å². The molecule has 0 saturated carbocycles. The second-order valence-corrected chi connectivity index (χ2v) is 4.00. The molecule has 0 aromatic heterocycles. The molecule has 0 bridgehead atoms. The molecule has 1 heterocycles. The summed E-state index contributed by atoms with van der Waals surface area (Å²) < 4.78 is 0.942. The van der Waals surface area contributed by atoms with Crippen LogP contribution in [0.25, 0.3) is 0 Å². The lowest BCUT2D eigenvalue weighted by Crippen LogP contribution is -2.24. The third-order valence-electron chi connectivity index (χ3n) is 2.02. The van der Waals surface area contributed by atoms with Gasteiger partial charge in [0, 0.05) is 16.3 Å². The van der Waals surface area contributed by atoms with Crippen molar-refractivity contribution >= 4 is 27.4 Å². The van der Waals surface area contributed by atoms with E-state index >= 15 is 0 Å². The Hall–Kier alpha value is -0.960. The van der Waals surface area contributed by atoms with Crippen LogP contribution in [-0.4, -0.2) is 11.5 Å². The Morgan fingerprint density at radius 2 is 2.23 bits per heavy atom. The lowest BCUT2D eigenvalue weighted by Gasteiger charge is -2.18. The molecule has 13 heavy (non-hydrogen) atoms. The molecular weight excluding hydrogens is 230 g/mol. The minimum atomic E-state index is -0.178. The summed E-state index contributed by atoms with van der Waals surface area (Å²) in [7, 11) is 0. The third-order valence-corrected chi connectivity index (χ3v) is 2.55. The van der Waals surface area contributed by atoms with Gasteiger partial charge >= 0.3 is 0 Å². The van der Waals surface area contributed by atoms with Gasteiger partial charge in [-0.3, -0.25) is 9.79 Å². The summed E-state index contributed by atoms with van der Waals surface area (Å²) in [5, 5.41) is 0. The molecule has 0 aromatic rings. The van der Waals surface area contributed by atoms with Crippen LogP contribution in [0.2, 0.25) is 0 Å². The number of ketones is 1. The highest BCUT2D eigenvalue weighted by atomic mass is 79.9. The van der Waals surface area contributed by atoms with E-state index in [4.69, 9.17) is 0 Å². The second kappa shape index (κ2) is 3.07. The van der Waals surface area contributed by atoms with E-state index in [0.717, 1.165) is 15.9 Å². The summed E-state index contributed by atoms with van der Waals surface area (Å²) in [5.41, 5.74) is 1.63. The van der Waals surface area contributed by atoms with E-state index in [1.54, 1.807) is 6.08 Å². The van der Waals surface area contributed by atoms with Gasteiger partial charge in [-0.05, 0) is 19.1 Å². The molecule has 0 fully saturated rings. The highest BCUT2D eigenvalue weighted by Crippen LogP contribution is 2.24. The maximum Gasteiger partial charge on any atom is 0.170 e. The van der Waals surface area contributed by atoms with E-state index in [1.807, 2.05) is 25.2 Å². The molecule has 3 heteroatoms. The summed E-state index contributed by atoms with van der Waals surface area (Å²) in [6.45, 7) is 1.84. The minimum absolute atomic E-state index is 0.115. The summed E-state index contributed by atoms with van der Waals surface area (Å²) in [6.07, 6.45) is 7.25. The van der Waals surface area contributed by atoms with Crippen molar-refractivity contribution in [1.29, 1.82) is 0 Å². The molecule has 0 amide bonds. The molecule has 2 nitrogen and oxygen atoms in total. The summed E-state index contributed by atoms with van der Waals surface area (Å²) in [5.74, 6) is -0.0631. The Bertz CT molecular complexity index is 388. The monoisotopic (exact) mass is 237 g/mol. The topological polar surface area (TPSA) is 29.4 Å². The fourth-order valence-electron chi connectivity index (χ4n) is 1.44. The van der Waals surface area contributed by atoms with Crippen LogP contribution in [0.3, 0.4) is 0 Å². The molecule has 0 spiro atoms. The van der Waals surface area contributed by atoms with Crippen molar-refractivity contribution in [3.8, 4) is 0 Å². The van der Waals surface area contributed by atoms with Crippen molar-refractivity contribution in [2.45, 2.75) is 6.92 Å². The lowest BCUT2D eigenvalue weighted by atomic mass is 9.91. The molecule has 0 saturated heterocycles. The van der Waals surface area contributed by atoms with Crippen LogP contribution in [0, 0.1) is 5.92 Å². The largest absolute Gasteiger partial charge is 0.294 e. The zero-order valence-electron chi connectivity index (χ0n) is 7.12. The van der Waals surface area contributed by atoms with Gasteiger partial charge in [0.1, 0.15) is 0 Å². The number of fused-ring (bicyclic) bond motifs is 1. The van der Waals surface area contributed by atoms with Crippen molar-refractivity contribution in [3.63, 3.8) is 0 Å².